The summed E-state index contributed by atoms with van der Waals surface area (Å²) < 4.78 is 32.2. The molecule has 0 aliphatic carbocycles. The van der Waals surface area contributed by atoms with Gasteiger partial charge in [0.2, 0.25) is 10.0 Å². The van der Waals surface area contributed by atoms with Crippen molar-refractivity contribution in [3.8, 4) is 5.75 Å². The normalized spacial score (nSPS) is 11.5. The van der Waals surface area contributed by atoms with Gasteiger partial charge in [0.25, 0.3) is 0 Å². The fourth-order valence-corrected chi connectivity index (χ4v) is 3.78. The predicted octanol–water partition coefficient (Wildman–Crippen LogP) is 1.69. The van der Waals surface area contributed by atoms with Gasteiger partial charge in [-0.3, -0.25) is 4.79 Å². The minimum Gasteiger partial charge on any atom is -0.496 e. The van der Waals surface area contributed by atoms with E-state index in [9.17, 15) is 13.2 Å². The molecule has 0 amide bonds. The molecular weight excluding hydrogens is 368 g/mol. The first-order chi connectivity index (χ1) is 9.42. The minimum absolute atomic E-state index is 0.0325. The van der Waals surface area contributed by atoms with Gasteiger partial charge in [-0.05, 0) is 34.1 Å². The minimum atomic E-state index is -3.65. The van der Waals surface area contributed by atoms with Crippen LogP contribution in [0.3, 0.4) is 0 Å². The van der Waals surface area contributed by atoms with E-state index in [4.69, 9.17) is 4.74 Å². The van der Waals surface area contributed by atoms with Crippen molar-refractivity contribution in [3.63, 3.8) is 0 Å². The smallest absolute Gasteiger partial charge is 0.304 e. The summed E-state index contributed by atoms with van der Waals surface area (Å²) in [5.74, 6) is 0.547. The summed E-state index contributed by atoms with van der Waals surface area (Å²) in [5, 5.41) is 1.58. The molecule has 1 aromatic heterocycles. The molecule has 2 aromatic rings. The second-order valence-electron chi connectivity index (χ2n) is 3.79. The van der Waals surface area contributed by atoms with Gasteiger partial charge >= 0.3 is 4.87 Å². The second-order valence-corrected chi connectivity index (χ2v) is 7.26. The summed E-state index contributed by atoms with van der Waals surface area (Å²) in [6.45, 7) is 0.0325. The number of H-pyrrole nitrogens is 1. The van der Waals surface area contributed by atoms with Gasteiger partial charge in [-0.15, -0.1) is 0 Å². The van der Waals surface area contributed by atoms with Crippen LogP contribution in [0.4, 0.5) is 0 Å². The zero-order valence-corrected chi connectivity index (χ0v) is 13.6. The third-order valence-corrected chi connectivity index (χ3v) is 5.19. The zero-order chi connectivity index (χ0) is 14.8. The van der Waals surface area contributed by atoms with Crippen LogP contribution in [-0.4, -0.2) is 20.5 Å². The van der Waals surface area contributed by atoms with Crippen molar-refractivity contribution >= 4 is 37.3 Å². The highest BCUT2D eigenvalue weighted by Gasteiger charge is 2.16. The van der Waals surface area contributed by atoms with E-state index in [0.29, 0.717) is 15.9 Å². The number of thiazole rings is 1. The van der Waals surface area contributed by atoms with Gasteiger partial charge in [0.05, 0.1) is 23.0 Å². The van der Waals surface area contributed by atoms with Gasteiger partial charge in [-0.1, -0.05) is 11.3 Å². The second kappa shape index (κ2) is 6.08. The molecule has 2 N–H and O–H groups in total. The van der Waals surface area contributed by atoms with Crippen LogP contribution < -0.4 is 14.3 Å². The summed E-state index contributed by atoms with van der Waals surface area (Å²) in [7, 11) is -2.15. The third kappa shape index (κ3) is 3.48. The summed E-state index contributed by atoms with van der Waals surface area (Å²) in [4.78, 5) is 13.4. The van der Waals surface area contributed by atoms with E-state index in [1.165, 1.54) is 19.2 Å². The number of aromatic nitrogens is 1. The first-order valence-corrected chi connectivity index (χ1v) is 8.58. The number of ether oxygens (including phenoxy) is 1. The van der Waals surface area contributed by atoms with Crippen molar-refractivity contribution in [2.75, 3.05) is 7.11 Å². The van der Waals surface area contributed by atoms with Gasteiger partial charge in [-0.25, -0.2) is 13.1 Å². The average Bonchev–Trinajstić information content (AvgIpc) is 2.82. The van der Waals surface area contributed by atoms with E-state index in [1.807, 2.05) is 0 Å². The molecule has 1 aromatic carbocycles. The molecular formula is C11H11BrN2O4S2. The van der Waals surface area contributed by atoms with E-state index in [0.717, 1.165) is 11.3 Å². The van der Waals surface area contributed by atoms with E-state index in [1.54, 1.807) is 11.4 Å². The molecule has 2 rings (SSSR count). The quantitative estimate of drug-likeness (QED) is 0.828. The van der Waals surface area contributed by atoms with Gasteiger partial charge < -0.3 is 9.72 Å². The van der Waals surface area contributed by atoms with Crippen molar-refractivity contribution in [1.82, 2.24) is 9.71 Å². The molecule has 9 heteroatoms. The number of halogens is 1. The lowest BCUT2D eigenvalue weighted by molar-refractivity contribution is 0.411. The molecule has 1 heterocycles. The molecule has 0 radical (unpaired) electrons. The Morgan fingerprint density at radius 3 is 2.75 bits per heavy atom. The first-order valence-electron chi connectivity index (χ1n) is 5.42. The molecule has 0 saturated carbocycles. The SMILES string of the molecule is COc1ccc(S(=O)(=O)NCc2csc(=O)[nH]2)cc1Br. The number of aromatic amines is 1. The maximum absolute atomic E-state index is 12.1. The van der Waals surface area contributed by atoms with E-state index in [2.05, 4.69) is 25.6 Å². The Hall–Kier alpha value is -1.16. The predicted molar refractivity (Wildman–Crippen MR) is 79.7 cm³/mol. The molecule has 20 heavy (non-hydrogen) atoms. The number of methoxy groups -OCH3 is 1. The van der Waals surface area contributed by atoms with E-state index in [-0.39, 0.29) is 16.3 Å². The standard InChI is InChI=1S/C11H11BrN2O4S2/c1-18-10-3-2-8(4-9(10)12)20(16,17)13-5-7-6-19-11(15)14-7/h2-4,6,13H,5H2,1H3,(H,14,15). The Morgan fingerprint density at radius 2 is 2.20 bits per heavy atom. The Kier molecular flexibility index (Phi) is 4.63. The maximum atomic E-state index is 12.1. The van der Waals surface area contributed by atoms with Crippen LogP contribution in [-0.2, 0) is 16.6 Å². The number of hydrogen-bond donors (Lipinski definition) is 2. The van der Waals surface area contributed by atoms with Gasteiger partial charge in [-0.2, -0.15) is 0 Å². The number of sulfonamides is 1. The summed E-state index contributed by atoms with van der Waals surface area (Å²) >= 11 is 4.22. The number of nitrogens with one attached hydrogen (secondary N) is 2. The molecule has 0 fully saturated rings. The van der Waals surface area contributed by atoms with Crippen LogP contribution >= 0.6 is 27.3 Å². The molecule has 0 unspecified atom stereocenters. The lowest BCUT2D eigenvalue weighted by Gasteiger charge is -2.08. The Bertz CT molecular complexity index is 767. The first kappa shape index (κ1) is 15.2. The largest absolute Gasteiger partial charge is 0.496 e. The van der Waals surface area contributed by atoms with Crippen LogP contribution in [0.15, 0.2) is 37.7 Å². The molecule has 0 bridgehead atoms. The highest BCUT2D eigenvalue weighted by atomic mass is 79.9. The van der Waals surface area contributed by atoms with Gasteiger partial charge in [0.15, 0.2) is 0 Å². The fraction of sp³-hybridized carbons (Fsp3) is 0.182. The average molecular weight is 379 g/mol. The monoisotopic (exact) mass is 378 g/mol. The molecule has 0 spiro atoms. The van der Waals surface area contributed by atoms with Crippen LogP contribution in [0, 0.1) is 0 Å². The third-order valence-electron chi connectivity index (χ3n) is 2.46. The number of rotatable bonds is 5. The summed E-state index contributed by atoms with van der Waals surface area (Å²) in [6.07, 6.45) is 0. The lowest BCUT2D eigenvalue weighted by atomic mass is 10.3. The zero-order valence-electron chi connectivity index (χ0n) is 10.3. The topological polar surface area (TPSA) is 88.3 Å². The molecule has 0 atom stereocenters. The van der Waals surface area contributed by atoms with Crippen LogP contribution in [0.1, 0.15) is 5.69 Å². The molecule has 0 aliphatic rings. The van der Waals surface area contributed by atoms with Gasteiger partial charge in [0.1, 0.15) is 5.75 Å². The van der Waals surface area contributed by atoms with E-state index >= 15 is 0 Å². The highest BCUT2D eigenvalue weighted by molar-refractivity contribution is 9.10. The Balaban J connectivity index is 2.17. The highest BCUT2D eigenvalue weighted by Crippen LogP contribution is 2.27. The summed E-state index contributed by atoms with van der Waals surface area (Å²) in [5.41, 5.74) is 0.524. The Morgan fingerprint density at radius 1 is 1.45 bits per heavy atom. The van der Waals surface area contributed by atoms with Crippen molar-refractivity contribution in [1.29, 1.82) is 0 Å². The lowest BCUT2D eigenvalue weighted by Crippen LogP contribution is -2.23. The molecule has 0 aliphatic heterocycles. The Labute approximate surface area is 128 Å². The van der Waals surface area contributed by atoms with Crippen LogP contribution in [0.25, 0.3) is 0 Å². The van der Waals surface area contributed by atoms with Crippen LogP contribution in [0.2, 0.25) is 0 Å². The van der Waals surface area contributed by atoms with E-state index < -0.39 is 10.0 Å². The van der Waals surface area contributed by atoms with Gasteiger partial charge in [0, 0.05) is 11.1 Å². The summed E-state index contributed by atoms with van der Waals surface area (Å²) in [6, 6.07) is 4.46. The van der Waals surface area contributed by atoms with Crippen molar-refractivity contribution < 1.29 is 13.2 Å². The molecule has 0 saturated heterocycles. The van der Waals surface area contributed by atoms with Crippen molar-refractivity contribution in [3.05, 3.63) is 43.4 Å². The molecule has 6 nitrogen and oxygen atoms in total. The van der Waals surface area contributed by atoms with Crippen LogP contribution in [0.5, 0.6) is 5.75 Å². The fourth-order valence-electron chi connectivity index (χ4n) is 1.47. The van der Waals surface area contributed by atoms with Crippen molar-refractivity contribution in [2.45, 2.75) is 11.4 Å². The van der Waals surface area contributed by atoms with Crippen molar-refractivity contribution in [2.24, 2.45) is 0 Å². The number of hydrogen-bond acceptors (Lipinski definition) is 5. The molecule has 108 valence electrons. The number of benzene rings is 1. The maximum Gasteiger partial charge on any atom is 0.304 e.